The number of halogens is 3. The molecule has 3 aliphatic heterocycles. The van der Waals surface area contributed by atoms with E-state index >= 15 is 0 Å². The third kappa shape index (κ3) is 31.8. The number of carbonyl (C=O) groups excluding carboxylic acids is 7. The highest BCUT2D eigenvalue weighted by Crippen LogP contribution is 2.50. The summed E-state index contributed by atoms with van der Waals surface area (Å²) in [5.74, 6) is -1.71. The van der Waals surface area contributed by atoms with E-state index in [-0.39, 0.29) is 52.9 Å². The molecule has 6 atom stereocenters. The van der Waals surface area contributed by atoms with Gasteiger partial charge in [-0.2, -0.15) is 0 Å². The Morgan fingerprint density at radius 3 is 1.05 bits per heavy atom. The predicted molar refractivity (Wildman–Crippen MR) is 552 cm³/mol. The van der Waals surface area contributed by atoms with Gasteiger partial charge in [0.2, 0.25) is 17.7 Å². The highest BCUT2D eigenvalue weighted by atomic mass is 35.5. The van der Waals surface area contributed by atoms with Crippen molar-refractivity contribution in [1.82, 2.24) is 46.2 Å². The summed E-state index contributed by atoms with van der Waals surface area (Å²) in [6.07, 6.45) is 10.2. The summed E-state index contributed by atoms with van der Waals surface area (Å²) in [6.45, 7) is 28.5. The molecule has 9 aromatic rings. The molecule has 26 heteroatoms. The van der Waals surface area contributed by atoms with Crippen molar-refractivity contribution in [1.29, 1.82) is 0 Å². The third-order valence-corrected chi connectivity index (χ3v) is 26.6. The molecular formula is C112H144Cl3N9O14. The van der Waals surface area contributed by atoms with Crippen LogP contribution in [-0.2, 0) is 79.6 Å². The first-order chi connectivity index (χ1) is 65.6. The number of aliphatic hydroxyl groups is 3. The monoisotopic (exact) mass is 1940 g/mol. The first-order valence-electron chi connectivity index (χ1n) is 48.5. The van der Waals surface area contributed by atoms with Crippen molar-refractivity contribution in [3.63, 3.8) is 0 Å². The normalized spacial score (nSPS) is 16.1. The standard InChI is InChI=1S/C39H50ClN3O5.C34H42ClN3O3.C25H33ClN2O2.C14H19NO4/c1-7-28-12-8-13-31(24-28)35-33(15-9-16-34(35)40)39(47,21-11-22-41-27(2)44)32-14-10-23-43(26-32)36(45)30-19-17-29(18-20-30)25-42(6)37(46)48-38(3,4)5;1-4-25-9-5-10-28(21-25)32-30(12-6-13-31(32)35)34(41,18-8-19-37-24(2)39)29-11-7-20-38(23-29)33(40)27-16-14-26(15-17-27)22-36-3;1-3-19-8-4-9-20(16-19)24-22(11-5-12-23(24)26)25(30,13-7-15-28-18(2)29)21-10-6-14-27-17-21;1-14(2,3)19-13(18)15(4)9-10-5-7-11(8-6-10)12(16)17/h8-9,12-13,15-20,24,32,47H,7,10-11,14,21-23,25-26H2,1-6H3,(H,41,44);5-6,9-10,12-17,21,29,36,41H,4,7-8,11,18-20,22-23H2,1-3H3,(H,37,39);4-5,8-9,11-12,16,21,27,30H,3,6-7,10,13-15,17H2,1-2H3,(H,28,29);5-8H,9H2,1-4H3,(H,16,17)/t32-,39+;29-,34+;21-,25+;/m111./s1. The molecule has 0 saturated carbocycles. The first kappa shape index (κ1) is 111. The number of hydrogen-bond acceptors (Lipinski definition) is 15. The number of nitrogens with zero attached hydrogens (tertiary/aromatic N) is 4. The molecule has 0 radical (unpaired) electrons. The topological polar surface area (TPSA) is 309 Å². The van der Waals surface area contributed by atoms with Crippen molar-refractivity contribution >= 4 is 82.5 Å². The van der Waals surface area contributed by atoms with Crippen LogP contribution in [0.3, 0.4) is 0 Å². The second-order valence-electron chi connectivity index (χ2n) is 38.5. The fourth-order valence-corrected chi connectivity index (χ4v) is 19.3. The van der Waals surface area contributed by atoms with Crippen molar-refractivity contribution in [3.05, 3.63) is 282 Å². The van der Waals surface area contributed by atoms with Gasteiger partial charge in [0.1, 0.15) is 11.2 Å². The quantitative estimate of drug-likeness (QED) is 0.0173. The smallest absolute Gasteiger partial charge is 0.410 e. The fourth-order valence-electron chi connectivity index (χ4n) is 18.5. The van der Waals surface area contributed by atoms with Crippen LogP contribution in [0.15, 0.2) is 200 Å². The summed E-state index contributed by atoms with van der Waals surface area (Å²) >= 11 is 20.5. The minimum atomic E-state index is -1.31. The van der Waals surface area contributed by atoms with Gasteiger partial charge in [-0.3, -0.25) is 24.0 Å². The van der Waals surface area contributed by atoms with Gasteiger partial charge in [0.25, 0.3) is 11.8 Å². The van der Waals surface area contributed by atoms with E-state index in [4.69, 9.17) is 49.4 Å². The minimum absolute atomic E-state index is 0.0201. The number of benzene rings is 9. The summed E-state index contributed by atoms with van der Waals surface area (Å²) in [5, 5.41) is 63.4. The second-order valence-corrected chi connectivity index (χ2v) is 39.7. The Labute approximate surface area is 831 Å². The van der Waals surface area contributed by atoms with Crippen molar-refractivity contribution in [3.8, 4) is 33.4 Å². The highest BCUT2D eigenvalue weighted by Gasteiger charge is 2.46. The maximum atomic E-state index is 13.8. The summed E-state index contributed by atoms with van der Waals surface area (Å²) in [5.41, 5.74) is 11.1. The van der Waals surface area contributed by atoms with Gasteiger partial charge in [-0.15, -0.1) is 0 Å². The van der Waals surface area contributed by atoms with Crippen LogP contribution < -0.4 is 26.6 Å². The van der Waals surface area contributed by atoms with Crippen LogP contribution in [0.1, 0.15) is 241 Å². The SMILES string of the molecule is CCc1cccc(-c2c(Cl)cccc2[C@](O)(CCCNC(C)=O)[C@@H]2CCCN(C(=O)c3ccc(CN(C)C(=O)OC(C)(C)C)cc3)C2)c1.CCc1cccc(-c2c(Cl)cccc2[C@](O)(CCCNC(C)=O)[C@@H]2CCCN(C(=O)c3ccc(CNC)cc3)C2)c1.CCc1cccc(-c2c(Cl)cccc2[C@](O)(CCCNC(C)=O)[C@@H]2CCCNC2)c1.CN(Cc1ccc(C(=O)O)cc1)C(=O)OC(C)(C)C. The van der Waals surface area contributed by atoms with Crippen LogP contribution in [0.5, 0.6) is 0 Å². The van der Waals surface area contributed by atoms with Gasteiger partial charge in [0.15, 0.2) is 0 Å². The number of ether oxygens (including phenoxy) is 2. The third-order valence-electron chi connectivity index (χ3n) is 25.6. The van der Waals surface area contributed by atoms with E-state index in [1.54, 1.807) is 59.1 Å². The number of carboxylic acid groups (broad SMARTS) is 1. The van der Waals surface area contributed by atoms with E-state index in [2.05, 4.69) is 95.9 Å². The maximum absolute atomic E-state index is 13.8. The highest BCUT2D eigenvalue weighted by molar-refractivity contribution is 6.34. The van der Waals surface area contributed by atoms with Gasteiger partial charge in [-0.05, 0) is 273 Å². The van der Waals surface area contributed by atoms with E-state index < -0.39 is 46.2 Å². The number of piperidine rings is 3. The first-order valence-corrected chi connectivity index (χ1v) is 49.6. The molecule has 3 fully saturated rings. The predicted octanol–water partition coefficient (Wildman–Crippen LogP) is 21.0. The lowest BCUT2D eigenvalue weighted by Gasteiger charge is -2.44. The Morgan fingerprint density at radius 1 is 0.428 bits per heavy atom. The molecule has 23 nitrogen and oxygen atoms in total. The largest absolute Gasteiger partial charge is 0.478 e. The lowest BCUT2D eigenvalue weighted by molar-refractivity contribution is -0.119. The number of carboxylic acids is 1. The molecule has 0 unspecified atom stereocenters. The van der Waals surface area contributed by atoms with Crippen LogP contribution >= 0.6 is 34.8 Å². The molecule has 0 aromatic heterocycles. The van der Waals surface area contributed by atoms with Crippen molar-refractivity contribution in [2.45, 2.75) is 227 Å². The molecule has 0 bridgehead atoms. The molecular weight excluding hydrogens is 1800 g/mol. The van der Waals surface area contributed by atoms with Gasteiger partial charge in [-0.1, -0.05) is 201 Å². The number of aryl methyl sites for hydroxylation is 3. The molecule has 138 heavy (non-hydrogen) atoms. The molecule has 7 amide bonds. The van der Waals surface area contributed by atoms with Crippen LogP contribution in [-0.4, -0.2) is 179 Å². The number of nitrogens with one attached hydrogen (secondary N) is 5. The Bertz CT molecular complexity index is 5550. The van der Waals surface area contributed by atoms with Crippen LogP contribution in [0.2, 0.25) is 15.1 Å². The summed E-state index contributed by atoms with van der Waals surface area (Å²) in [4.78, 5) is 103. The Kier molecular flexibility index (Phi) is 41.9. The number of amides is 7. The van der Waals surface area contributed by atoms with Gasteiger partial charge in [0, 0.05) is 167 Å². The van der Waals surface area contributed by atoms with Gasteiger partial charge in [-0.25, -0.2) is 14.4 Å². The molecule has 9 N–H and O–H groups in total. The number of rotatable bonds is 33. The summed E-state index contributed by atoms with van der Waals surface area (Å²) in [6, 6.07) is 63.6. The van der Waals surface area contributed by atoms with E-state index in [0.717, 1.165) is 144 Å². The van der Waals surface area contributed by atoms with Crippen molar-refractivity contribution in [2.24, 2.45) is 17.8 Å². The van der Waals surface area contributed by atoms with Crippen LogP contribution in [0, 0.1) is 17.8 Å². The average molecular weight is 1950 g/mol. The number of likely N-dealkylation sites (tertiary alicyclic amines) is 2. The Morgan fingerprint density at radius 2 is 0.746 bits per heavy atom. The average Bonchev–Trinajstić information content (AvgIpc) is 0.770. The lowest BCUT2D eigenvalue weighted by atomic mass is 9.72. The van der Waals surface area contributed by atoms with Gasteiger partial charge in [0.05, 0.1) is 22.4 Å². The second kappa shape index (κ2) is 52.3. The molecule has 742 valence electrons. The Balaban J connectivity index is 0.000000216. The van der Waals surface area contributed by atoms with Crippen LogP contribution in [0.4, 0.5) is 9.59 Å². The zero-order chi connectivity index (χ0) is 101. The Hall–Kier alpha value is -11.0. The number of hydrogen-bond donors (Lipinski definition) is 9. The molecule has 12 rings (SSSR count). The molecule has 3 heterocycles. The maximum Gasteiger partial charge on any atom is 0.410 e. The van der Waals surface area contributed by atoms with E-state index in [1.807, 2.05) is 153 Å². The fraction of sp³-hybridized carbons (Fsp3) is 0.446. The van der Waals surface area contributed by atoms with Crippen LogP contribution in [0.25, 0.3) is 33.4 Å². The molecule has 0 spiro atoms. The van der Waals surface area contributed by atoms with E-state index in [9.17, 15) is 53.7 Å². The summed E-state index contributed by atoms with van der Waals surface area (Å²) < 4.78 is 10.7. The van der Waals surface area contributed by atoms with E-state index in [1.165, 1.54) is 59.4 Å². The number of aromatic carboxylic acids is 1. The molecule has 3 aliphatic rings. The van der Waals surface area contributed by atoms with Gasteiger partial charge >= 0.3 is 18.2 Å². The molecule has 3 saturated heterocycles. The zero-order valence-electron chi connectivity index (χ0n) is 83.2. The lowest BCUT2D eigenvalue weighted by Crippen LogP contribution is -2.48. The number of carbonyl (C=O) groups is 8. The van der Waals surface area contributed by atoms with E-state index in [0.29, 0.717) is 124 Å². The van der Waals surface area contributed by atoms with Crippen molar-refractivity contribution < 1.29 is 68.3 Å². The van der Waals surface area contributed by atoms with Crippen molar-refractivity contribution in [2.75, 3.05) is 80.0 Å². The summed E-state index contributed by atoms with van der Waals surface area (Å²) in [7, 11) is 5.22. The zero-order valence-corrected chi connectivity index (χ0v) is 85.4. The molecule has 0 aliphatic carbocycles. The minimum Gasteiger partial charge on any atom is -0.478 e. The molecule has 9 aromatic carbocycles. The van der Waals surface area contributed by atoms with Gasteiger partial charge < -0.3 is 76.1 Å².